The van der Waals surface area contributed by atoms with Crippen molar-refractivity contribution in [2.45, 2.75) is 25.0 Å². The largest absolute Gasteiger partial charge is 0.478 e. The average Bonchev–Trinajstić information content (AvgIpc) is 2.54. The second-order valence-electron chi connectivity index (χ2n) is 4.16. The van der Waals surface area contributed by atoms with Crippen molar-refractivity contribution in [2.75, 3.05) is 5.73 Å². The summed E-state index contributed by atoms with van der Waals surface area (Å²) in [6.07, 6.45) is 2.74. The van der Waals surface area contributed by atoms with E-state index in [1.54, 1.807) is 0 Å². The number of hydrogen-bond donors (Lipinski definition) is 2. The molecule has 1 saturated carbocycles. The van der Waals surface area contributed by atoms with Crippen LogP contribution in [0.5, 0.6) is 11.5 Å². The third-order valence-electron chi connectivity index (χ3n) is 3.05. The van der Waals surface area contributed by atoms with Crippen molar-refractivity contribution in [3.63, 3.8) is 0 Å². The molecule has 0 saturated heterocycles. The summed E-state index contributed by atoms with van der Waals surface area (Å²) in [7, 11) is 0. The number of fused-ring (bicyclic) bond motifs is 1. The Balaban J connectivity index is 2.02. The van der Waals surface area contributed by atoms with Crippen molar-refractivity contribution in [3.8, 4) is 11.5 Å². The van der Waals surface area contributed by atoms with E-state index in [-0.39, 0.29) is 11.3 Å². The zero-order chi connectivity index (χ0) is 11.3. The number of nitrogens with two attached hydrogens (primary N) is 1. The highest BCUT2D eigenvalue weighted by Crippen LogP contribution is 2.49. The molecule has 1 fully saturated rings. The standard InChI is InChI=1S/C11H11NO4/c12-7-5-9-8(4-6(7)10(13)14)15-11(16-9)2-1-3-11/h4-5H,1-3,12H2,(H,13,14). The van der Waals surface area contributed by atoms with Crippen LogP contribution >= 0.6 is 0 Å². The van der Waals surface area contributed by atoms with Crippen LogP contribution < -0.4 is 15.2 Å². The van der Waals surface area contributed by atoms with Crippen molar-refractivity contribution in [1.82, 2.24) is 0 Å². The maximum Gasteiger partial charge on any atom is 0.337 e. The van der Waals surface area contributed by atoms with Gasteiger partial charge in [-0.2, -0.15) is 0 Å². The Hall–Kier alpha value is -1.91. The molecule has 2 aliphatic rings. The SMILES string of the molecule is Nc1cc2c(cc1C(=O)O)OC1(CCC1)O2. The summed E-state index contributed by atoms with van der Waals surface area (Å²) < 4.78 is 11.3. The number of carboxylic acids is 1. The van der Waals surface area contributed by atoms with Crippen LogP contribution in [0, 0.1) is 0 Å². The Bertz CT molecular complexity index is 479. The van der Waals surface area contributed by atoms with Crippen LogP contribution in [-0.2, 0) is 0 Å². The van der Waals surface area contributed by atoms with E-state index in [0.29, 0.717) is 11.5 Å². The first-order valence-corrected chi connectivity index (χ1v) is 5.14. The van der Waals surface area contributed by atoms with Gasteiger partial charge < -0.3 is 20.3 Å². The van der Waals surface area contributed by atoms with E-state index in [9.17, 15) is 4.79 Å². The number of benzene rings is 1. The third-order valence-corrected chi connectivity index (χ3v) is 3.05. The van der Waals surface area contributed by atoms with Gasteiger partial charge in [-0.05, 0) is 6.42 Å². The fourth-order valence-corrected chi connectivity index (χ4v) is 2.01. The molecule has 1 aromatic carbocycles. The van der Waals surface area contributed by atoms with E-state index in [4.69, 9.17) is 20.3 Å². The Labute approximate surface area is 91.8 Å². The van der Waals surface area contributed by atoms with Gasteiger partial charge in [0, 0.05) is 25.0 Å². The molecule has 0 unspecified atom stereocenters. The minimum atomic E-state index is -1.06. The highest BCUT2D eigenvalue weighted by atomic mass is 16.7. The van der Waals surface area contributed by atoms with Gasteiger partial charge in [0.2, 0.25) is 0 Å². The van der Waals surface area contributed by atoms with Crippen LogP contribution in [0.2, 0.25) is 0 Å². The van der Waals surface area contributed by atoms with E-state index in [2.05, 4.69) is 0 Å². The third kappa shape index (κ3) is 1.14. The van der Waals surface area contributed by atoms with Crippen LogP contribution in [-0.4, -0.2) is 16.9 Å². The number of aromatic carboxylic acids is 1. The minimum Gasteiger partial charge on any atom is -0.478 e. The molecule has 3 N–H and O–H groups in total. The molecule has 1 heterocycles. The number of carboxylic acid groups (broad SMARTS) is 1. The monoisotopic (exact) mass is 221 g/mol. The molecule has 0 radical (unpaired) electrons. The average molecular weight is 221 g/mol. The Morgan fingerprint density at radius 1 is 1.31 bits per heavy atom. The van der Waals surface area contributed by atoms with Gasteiger partial charge in [0.15, 0.2) is 11.5 Å². The molecule has 0 aromatic heterocycles. The zero-order valence-electron chi connectivity index (χ0n) is 8.53. The lowest BCUT2D eigenvalue weighted by atomic mass is 9.91. The molecule has 0 atom stereocenters. The van der Waals surface area contributed by atoms with Gasteiger partial charge in [-0.25, -0.2) is 4.79 Å². The summed E-state index contributed by atoms with van der Waals surface area (Å²) in [5.41, 5.74) is 5.88. The van der Waals surface area contributed by atoms with Crippen molar-refractivity contribution in [1.29, 1.82) is 0 Å². The molecule has 5 heteroatoms. The van der Waals surface area contributed by atoms with Crippen molar-refractivity contribution in [3.05, 3.63) is 17.7 Å². The predicted molar refractivity (Wildman–Crippen MR) is 55.7 cm³/mol. The topological polar surface area (TPSA) is 81.8 Å². The van der Waals surface area contributed by atoms with Gasteiger partial charge in [0.1, 0.15) is 0 Å². The molecule has 1 aromatic rings. The summed E-state index contributed by atoms with van der Waals surface area (Å²) >= 11 is 0. The van der Waals surface area contributed by atoms with Gasteiger partial charge >= 0.3 is 5.97 Å². The van der Waals surface area contributed by atoms with Crippen LogP contribution in [0.25, 0.3) is 0 Å². The quantitative estimate of drug-likeness (QED) is 0.704. The van der Waals surface area contributed by atoms with E-state index in [1.165, 1.54) is 12.1 Å². The molecule has 3 rings (SSSR count). The summed E-state index contributed by atoms with van der Waals surface area (Å²) in [4.78, 5) is 10.9. The highest BCUT2D eigenvalue weighted by Gasteiger charge is 2.47. The van der Waals surface area contributed by atoms with Crippen LogP contribution in [0.4, 0.5) is 5.69 Å². The number of ether oxygens (including phenoxy) is 2. The number of anilines is 1. The predicted octanol–water partition coefficient (Wildman–Crippen LogP) is 1.62. The van der Waals surface area contributed by atoms with Crippen molar-refractivity contribution >= 4 is 11.7 Å². The lowest BCUT2D eigenvalue weighted by molar-refractivity contribution is -0.138. The Morgan fingerprint density at radius 3 is 2.44 bits per heavy atom. The fraction of sp³-hybridized carbons (Fsp3) is 0.364. The first-order chi connectivity index (χ1) is 7.60. The molecule has 1 aliphatic heterocycles. The van der Waals surface area contributed by atoms with E-state index in [1.807, 2.05) is 0 Å². The fourth-order valence-electron chi connectivity index (χ4n) is 2.01. The van der Waals surface area contributed by atoms with Crippen LogP contribution in [0.3, 0.4) is 0 Å². The van der Waals surface area contributed by atoms with E-state index >= 15 is 0 Å². The number of hydrogen-bond acceptors (Lipinski definition) is 4. The summed E-state index contributed by atoms with van der Waals surface area (Å²) in [6.45, 7) is 0. The lowest BCUT2D eigenvalue weighted by Gasteiger charge is -2.35. The molecule has 0 amide bonds. The first kappa shape index (κ1) is 9.33. The second-order valence-corrected chi connectivity index (χ2v) is 4.16. The summed E-state index contributed by atoms with van der Waals surface area (Å²) in [6, 6.07) is 2.95. The Morgan fingerprint density at radius 2 is 1.94 bits per heavy atom. The summed E-state index contributed by atoms with van der Waals surface area (Å²) in [5, 5.41) is 8.92. The maximum absolute atomic E-state index is 10.9. The van der Waals surface area contributed by atoms with Gasteiger partial charge in [-0.15, -0.1) is 0 Å². The minimum absolute atomic E-state index is 0.0544. The lowest BCUT2D eigenvalue weighted by Crippen LogP contribution is -2.45. The van der Waals surface area contributed by atoms with Gasteiger partial charge in [0.05, 0.1) is 11.3 Å². The number of rotatable bonds is 1. The van der Waals surface area contributed by atoms with Crippen molar-refractivity contribution < 1.29 is 19.4 Å². The first-order valence-electron chi connectivity index (χ1n) is 5.14. The maximum atomic E-state index is 10.9. The van der Waals surface area contributed by atoms with Crippen molar-refractivity contribution in [2.24, 2.45) is 0 Å². The normalized spacial score (nSPS) is 19.5. The molecule has 0 bridgehead atoms. The molecule has 1 aliphatic carbocycles. The highest BCUT2D eigenvalue weighted by molar-refractivity contribution is 5.94. The molecule has 1 spiro atoms. The summed E-state index contributed by atoms with van der Waals surface area (Å²) in [5.74, 6) is -0.585. The molecular formula is C11H11NO4. The molecular weight excluding hydrogens is 210 g/mol. The molecule has 84 valence electrons. The van der Waals surface area contributed by atoms with Crippen LogP contribution in [0.15, 0.2) is 12.1 Å². The van der Waals surface area contributed by atoms with Crippen LogP contribution in [0.1, 0.15) is 29.6 Å². The van der Waals surface area contributed by atoms with Gasteiger partial charge in [-0.1, -0.05) is 0 Å². The molecule has 5 nitrogen and oxygen atoms in total. The molecule has 16 heavy (non-hydrogen) atoms. The number of nitrogen functional groups attached to an aromatic ring is 1. The second kappa shape index (κ2) is 2.81. The van der Waals surface area contributed by atoms with E-state index < -0.39 is 11.8 Å². The number of carbonyl (C=O) groups is 1. The van der Waals surface area contributed by atoms with Gasteiger partial charge in [0.25, 0.3) is 5.79 Å². The van der Waals surface area contributed by atoms with Gasteiger partial charge in [-0.3, -0.25) is 0 Å². The smallest absolute Gasteiger partial charge is 0.337 e. The van der Waals surface area contributed by atoms with E-state index in [0.717, 1.165) is 19.3 Å². The zero-order valence-corrected chi connectivity index (χ0v) is 8.53. The Kier molecular flexibility index (Phi) is 1.64.